The number of aromatic nitrogens is 2. The van der Waals surface area contributed by atoms with Crippen molar-refractivity contribution in [3.8, 4) is 17.1 Å². The van der Waals surface area contributed by atoms with E-state index in [1.54, 1.807) is 12.1 Å². The second kappa shape index (κ2) is 10.4. The molecule has 1 N–H and O–H groups in total. The molecule has 6 nitrogen and oxygen atoms in total. The number of alkyl halides is 3. The van der Waals surface area contributed by atoms with Crippen molar-refractivity contribution in [2.75, 3.05) is 19.8 Å². The van der Waals surface area contributed by atoms with Crippen molar-refractivity contribution in [1.29, 1.82) is 0 Å². The predicted octanol–water partition coefficient (Wildman–Crippen LogP) is 6.01. The molecule has 1 saturated heterocycles. The van der Waals surface area contributed by atoms with Gasteiger partial charge in [-0.3, -0.25) is 4.79 Å². The van der Waals surface area contributed by atoms with Gasteiger partial charge in [-0.05, 0) is 43.2 Å². The minimum absolute atomic E-state index is 0.0443. The van der Waals surface area contributed by atoms with Gasteiger partial charge < -0.3 is 19.4 Å². The highest BCUT2D eigenvalue weighted by Gasteiger charge is 2.34. The highest BCUT2D eigenvalue weighted by Crippen LogP contribution is 2.36. The Morgan fingerprint density at radius 1 is 1.14 bits per heavy atom. The van der Waals surface area contributed by atoms with Crippen molar-refractivity contribution >= 4 is 5.91 Å². The summed E-state index contributed by atoms with van der Waals surface area (Å²) in [7, 11) is 0. The first-order valence-electron chi connectivity index (χ1n) is 12.7. The largest absolute Gasteiger partial charge is 0.477 e. The smallest absolute Gasteiger partial charge is 0.433 e. The highest BCUT2D eigenvalue weighted by atomic mass is 19.4. The summed E-state index contributed by atoms with van der Waals surface area (Å²) in [6, 6.07) is 4.26. The number of carbonyl (C=O) groups is 1. The molecule has 9 heteroatoms. The molecular weight excluding hydrogens is 471 g/mol. The fourth-order valence-electron chi connectivity index (χ4n) is 4.72. The fourth-order valence-corrected chi connectivity index (χ4v) is 4.72. The van der Waals surface area contributed by atoms with Crippen molar-refractivity contribution in [2.45, 2.75) is 78.6 Å². The molecule has 0 bridgehead atoms. The topological polar surface area (TPSA) is 65.4 Å². The molecule has 0 radical (unpaired) electrons. The minimum atomic E-state index is -4.63. The zero-order valence-electron chi connectivity index (χ0n) is 21.5. The lowest BCUT2D eigenvalue weighted by molar-refractivity contribution is -0.141. The van der Waals surface area contributed by atoms with Crippen LogP contribution < -0.4 is 10.1 Å². The number of hydrogen-bond donors (Lipinski definition) is 1. The summed E-state index contributed by atoms with van der Waals surface area (Å²) < 4.78 is 54.3. The van der Waals surface area contributed by atoms with Crippen molar-refractivity contribution < 1.29 is 27.4 Å². The summed E-state index contributed by atoms with van der Waals surface area (Å²) in [5, 5.41) is 2.96. The molecular formula is C27H36F3N3O3. The van der Waals surface area contributed by atoms with Gasteiger partial charge in [-0.2, -0.15) is 13.2 Å². The van der Waals surface area contributed by atoms with Crippen LogP contribution in [0.3, 0.4) is 0 Å². The summed E-state index contributed by atoms with van der Waals surface area (Å²) in [6.45, 7) is 9.50. The van der Waals surface area contributed by atoms with Crippen LogP contribution in [0, 0.1) is 18.3 Å². The van der Waals surface area contributed by atoms with E-state index in [1.807, 2.05) is 32.3 Å². The first kappa shape index (κ1) is 26.5. The zero-order valence-corrected chi connectivity index (χ0v) is 21.5. The molecule has 2 aliphatic rings. The Bertz CT molecular complexity index is 1080. The number of hydrogen-bond acceptors (Lipinski definition) is 4. The molecule has 0 unspecified atom stereocenters. The molecule has 2 aromatic heterocycles. The van der Waals surface area contributed by atoms with Crippen molar-refractivity contribution in [3.05, 3.63) is 35.2 Å². The zero-order chi connectivity index (χ0) is 26.1. The Labute approximate surface area is 210 Å². The highest BCUT2D eigenvalue weighted by molar-refractivity contribution is 5.97. The summed E-state index contributed by atoms with van der Waals surface area (Å²) >= 11 is 0. The number of nitrogens with one attached hydrogen (secondary N) is 1. The van der Waals surface area contributed by atoms with Gasteiger partial charge in [-0.25, -0.2) is 4.98 Å². The third-order valence-corrected chi connectivity index (χ3v) is 6.79. The monoisotopic (exact) mass is 507 g/mol. The number of rotatable bonds is 7. The standard InChI is InChI=1S/C27H36F3N3O3/c1-17-21(25(34)31-20-14-35-15-20)12-22(33(17)13-18-8-6-5-7-9-18)19-10-23(27(28,29)30)32-24(11-19)36-16-26(2,3)4/h10-12,18,20H,5-9,13-16H2,1-4H3,(H,31,34). The third-order valence-electron chi connectivity index (χ3n) is 6.79. The van der Waals surface area contributed by atoms with Crippen LogP contribution in [-0.4, -0.2) is 41.3 Å². The van der Waals surface area contributed by atoms with Crippen molar-refractivity contribution in [1.82, 2.24) is 14.9 Å². The number of amides is 1. The van der Waals surface area contributed by atoms with Crippen LogP contribution in [-0.2, 0) is 17.5 Å². The number of ether oxygens (including phenoxy) is 2. The second-order valence-corrected chi connectivity index (χ2v) is 11.3. The van der Waals surface area contributed by atoms with E-state index in [4.69, 9.17) is 9.47 Å². The van der Waals surface area contributed by atoms with E-state index in [2.05, 4.69) is 10.3 Å². The average Bonchev–Trinajstić information content (AvgIpc) is 3.10. The second-order valence-electron chi connectivity index (χ2n) is 11.3. The fraction of sp³-hybridized carbons (Fsp3) is 0.630. The first-order chi connectivity index (χ1) is 16.9. The van der Waals surface area contributed by atoms with Crippen molar-refractivity contribution in [3.63, 3.8) is 0 Å². The van der Waals surface area contributed by atoms with Crippen LogP contribution in [0.5, 0.6) is 5.88 Å². The van der Waals surface area contributed by atoms with Gasteiger partial charge in [-0.1, -0.05) is 40.0 Å². The van der Waals surface area contributed by atoms with Gasteiger partial charge in [0.15, 0.2) is 0 Å². The van der Waals surface area contributed by atoms with Crippen LogP contribution in [0.25, 0.3) is 11.3 Å². The van der Waals surface area contributed by atoms with Gasteiger partial charge in [0, 0.05) is 29.6 Å². The summed E-state index contributed by atoms with van der Waals surface area (Å²) in [6.07, 6.45) is 1.01. The van der Waals surface area contributed by atoms with E-state index in [0.717, 1.165) is 37.4 Å². The lowest BCUT2D eigenvalue weighted by Gasteiger charge is -2.27. The number of pyridine rings is 1. The Morgan fingerprint density at radius 2 is 1.83 bits per heavy atom. The first-order valence-corrected chi connectivity index (χ1v) is 12.7. The third kappa shape index (κ3) is 6.41. The molecule has 1 aliphatic carbocycles. The van der Waals surface area contributed by atoms with Crippen LogP contribution in [0.15, 0.2) is 18.2 Å². The molecule has 0 atom stereocenters. The van der Waals surface area contributed by atoms with E-state index >= 15 is 0 Å². The van der Waals surface area contributed by atoms with Crippen LogP contribution >= 0.6 is 0 Å². The molecule has 198 valence electrons. The van der Waals surface area contributed by atoms with Gasteiger partial charge in [0.25, 0.3) is 5.91 Å². The SMILES string of the molecule is Cc1c(C(=O)NC2COC2)cc(-c2cc(OCC(C)(C)C)nc(C(F)(F)F)c2)n1CC1CCCCC1. The molecule has 0 spiro atoms. The summed E-state index contributed by atoms with van der Waals surface area (Å²) in [4.78, 5) is 16.8. The van der Waals surface area contributed by atoms with Gasteiger partial charge >= 0.3 is 6.18 Å². The van der Waals surface area contributed by atoms with E-state index in [1.165, 1.54) is 6.42 Å². The molecule has 2 fully saturated rings. The van der Waals surface area contributed by atoms with Crippen LogP contribution in [0.2, 0.25) is 0 Å². The predicted molar refractivity (Wildman–Crippen MR) is 131 cm³/mol. The quantitative estimate of drug-likeness (QED) is 0.498. The van der Waals surface area contributed by atoms with Crippen LogP contribution in [0.4, 0.5) is 13.2 Å². The maximum Gasteiger partial charge on any atom is 0.433 e. The molecule has 1 amide bonds. The normalized spacial score (nSPS) is 17.6. The van der Waals surface area contributed by atoms with Crippen molar-refractivity contribution in [2.24, 2.45) is 11.3 Å². The Morgan fingerprint density at radius 3 is 2.42 bits per heavy atom. The average molecular weight is 508 g/mol. The molecule has 0 aromatic carbocycles. The lowest BCUT2D eigenvalue weighted by atomic mass is 9.89. The number of halogens is 3. The molecule has 1 saturated carbocycles. The molecule has 4 rings (SSSR count). The van der Waals surface area contributed by atoms with Gasteiger partial charge in [0.1, 0.15) is 5.69 Å². The number of nitrogens with zero attached hydrogens (tertiary/aromatic N) is 2. The Hall–Kier alpha value is -2.55. The maximum absolute atomic E-state index is 13.8. The molecule has 36 heavy (non-hydrogen) atoms. The lowest BCUT2D eigenvalue weighted by Crippen LogP contribution is -2.48. The summed E-state index contributed by atoms with van der Waals surface area (Å²) in [5.41, 5.74) is 0.869. The Balaban J connectivity index is 1.76. The Kier molecular flexibility index (Phi) is 7.69. The van der Waals surface area contributed by atoms with E-state index in [9.17, 15) is 18.0 Å². The molecule has 2 aromatic rings. The molecule has 1 aliphatic heterocycles. The molecule has 3 heterocycles. The van der Waals surface area contributed by atoms with E-state index < -0.39 is 11.9 Å². The van der Waals surface area contributed by atoms with E-state index in [-0.39, 0.29) is 29.9 Å². The number of carbonyl (C=O) groups excluding carboxylic acids is 1. The van der Waals surface area contributed by atoms with Gasteiger partial charge in [-0.15, -0.1) is 0 Å². The van der Waals surface area contributed by atoms with Gasteiger partial charge in [0.05, 0.1) is 31.4 Å². The van der Waals surface area contributed by atoms with Crippen LogP contribution in [0.1, 0.15) is 74.6 Å². The minimum Gasteiger partial charge on any atom is -0.477 e. The van der Waals surface area contributed by atoms with E-state index in [0.29, 0.717) is 42.5 Å². The van der Waals surface area contributed by atoms with Gasteiger partial charge in [0.2, 0.25) is 5.88 Å². The summed E-state index contributed by atoms with van der Waals surface area (Å²) in [5.74, 6) is 0.106. The maximum atomic E-state index is 13.8.